The summed E-state index contributed by atoms with van der Waals surface area (Å²) in [5, 5.41) is 10.1. The Kier molecular flexibility index (Phi) is 4.07. The SMILES string of the molecule is CC(CN(C)C(=O)c1cc2ccccc2c(=O)[nH]1)C(=O)O. The highest BCUT2D eigenvalue weighted by Gasteiger charge is 2.19. The summed E-state index contributed by atoms with van der Waals surface area (Å²) in [7, 11) is 1.51. The molecule has 1 amide bonds. The maximum atomic E-state index is 12.3. The molecule has 0 radical (unpaired) electrons. The van der Waals surface area contributed by atoms with Gasteiger partial charge in [0.1, 0.15) is 5.69 Å². The molecule has 6 nitrogen and oxygen atoms in total. The molecular formula is C15H16N2O4. The molecule has 2 rings (SSSR count). The number of fused-ring (bicyclic) bond motifs is 1. The Morgan fingerprint density at radius 1 is 1.33 bits per heavy atom. The minimum absolute atomic E-state index is 0.0724. The van der Waals surface area contributed by atoms with Gasteiger partial charge in [-0.25, -0.2) is 0 Å². The zero-order chi connectivity index (χ0) is 15.6. The summed E-state index contributed by atoms with van der Waals surface area (Å²) < 4.78 is 0. The van der Waals surface area contributed by atoms with E-state index in [1.807, 2.05) is 0 Å². The molecule has 1 aromatic heterocycles. The van der Waals surface area contributed by atoms with Crippen LogP contribution in [0.2, 0.25) is 0 Å². The third-order valence-corrected chi connectivity index (χ3v) is 3.30. The van der Waals surface area contributed by atoms with Crippen LogP contribution in [0.5, 0.6) is 0 Å². The van der Waals surface area contributed by atoms with E-state index in [1.54, 1.807) is 30.3 Å². The maximum absolute atomic E-state index is 12.3. The molecule has 1 aromatic carbocycles. The number of pyridine rings is 1. The third kappa shape index (κ3) is 3.10. The van der Waals surface area contributed by atoms with Gasteiger partial charge in [-0.2, -0.15) is 0 Å². The lowest BCUT2D eigenvalue weighted by Gasteiger charge is -2.19. The van der Waals surface area contributed by atoms with Gasteiger partial charge >= 0.3 is 5.97 Å². The lowest BCUT2D eigenvalue weighted by Crippen LogP contribution is -2.34. The number of nitrogens with one attached hydrogen (secondary N) is 1. The van der Waals surface area contributed by atoms with Crippen LogP contribution >= 0.6 is 0 Å². The number of carboxylic acids is 1. The summed E-state index contributed by atoms with van der Waals surface area (Å²) in [4.78, 5) is 38.9. The Morgan fingerprint density at radius 3 is 2.67 bits per heavy atom. The van der Waals surface area contributed by atoms with E-state index in [1.165, 1.54) is 18.9 Å². The third-order valence-electron chi connectivity index (χ3n) is 3.30. The van der Waals surface area contributed by atoms with Crippen LogP contribution < -0.4 is 5.56 Å². The van der Waals surface area contributed by atoms with E-state index in [9.17, 15) is 14.4 Å². The highest BCUT2D eigenvalue weighted by molar-refractivity contribution is 5.96. The number of carbonyl (C=O) groups is 2. The standard InChI is InChI=1S/C15H16N2O4/c1-9(15(20)21)8-17(2)14(19)12-7-10-5-3-4-6-11(10)13(18)16-12/h3-7,9H,8H2,1-2H3,(H,16,18)(H,20,21). The van der Waals surface area contributed by atoms with Crippen LogP contribution in [0.3, 0.4) is 0 Å². The van der Waals surface area contributed by atoms with Gasteiger partial charge in [-0.05, 0) is 17.5 Å². The quantitative estimate of drug-likeness (QED) is 0.887. The highest BCUT2D eigenvalue weighted by Crippen LogP contribution is 2.11. The number of benzene rings is 1. The predicted molar refractivity (Wildman–Crippen MR) is 78.3 cm³/mol. The molecule has 2 N–H and O–H groups in total. The van der Waals surface area contributed by atoms with Crippen molar-refractivity contribution in [2.24, 2.45) is 5.92 Å². The first-order valence-electron chi connectivity index (χ1n) is 6.50. The van der Waals surface area contributed by atoms with E-state index >= 15 is 0 Å². The van der Waals surface area contributed by atoms with Crippen LogP contribution in [0.15, 0.2) is 35.1 Å². The van der Waals surface area contributed by atoms with Crippen molar-refractivity contribution in [2.75, 3.05) is 13.6 Å². The molecule has 0 spiro atoms. The summed E-state index contributed by atoms with van der Waals surface area (Å²) in [6.07, 6.45) is 0. The number of aromatic amines is 1. The Morgan fingerprint density at radius 2 is 2.00 bits per heavy atom. The fourth-order valence-corrected chi connectivity index (χ4v) is 2.10. The van der Waals surface area contributed by atoms with Crippen molar-refractivity contribution in [3.8, 4) is 0 Å². The second kappa shape index (κ2) is 5.78. The van der Waals surface area contributed by atoms with E-state index in [2.05, 4.69) is 4.98 Å². The van der Waals surface area contributed by atoms with Gasteiger partial charge in [0.05, 0.1) is 5.92 Å². The van der Waals surface area contributed by atoms with Crippen molar-refractivity contribution in [1.29, 1.82) is 0 Å². The Labute approximate surface area is 121 Å². The lowest BCUT2D eigenvalue weighted by atomic mass is 10.1. The molecule has 6 heteroatoms. The molecule has 0 saturated heterocycles. The lowest BCUT2D eigenvalue weighted by molar-refractivity contribution is -0.141. The van der Waals surface area contributed by atoms with Crippen LogP contribution in [0, 0.1) is 5.92 Å². The van der Waals surface area contributed by atoms with Crippen molar-refractivity contribution in [3.05, 3.63) is 46.4 Å². The smallest absolute Gasteiger partial charge is 0.308 e. The monoisotopic (exact) mass is 288 g/mol. The number of aliphatic carboxylic acids is 1. The highest BCUT2D eigenvalue weighted by atomic mass is 16.4. The summed E-state index contributed by atoms with van der Waals surface area (Å²) in [5.41, 5.74) is -0.185. The van der Waals surface area contributed by atoms with Crippen LogP contribution in [0.4, 0.5) is 0 Å². The number of H-pyrrole nitrogens is 1. The fourth-order valence-electron chi connectivity index (χ4n) is 2.10. The van der Waals surface area contributed by atoms with E-state index in [0.29, 0.717) is 10.8 Å². The van der Waals surface area contributed by atoms with Gasteiger partial charge in [-0.1, -0.05) is 25.1 Å². The predicted octanol–water partition coefficient (Wildman–Crippen LogP) is 1.32. The summed E-state index contributed by atoms with van der Waals surface area (Å²) in [6, 6.07) is 8.56. The summed E-state index contributed by atoms with van der Waals surface area (Å²) in [5.74, 6) is -2.06. The topological polar surface area (TPSA) is 90.5 Å². The zero-order valence-electron chi connectivity index (χ0n) is 11.8. The van der Waals surface area contributed by atoms with Crippen molar-refractivity contribution in [2.45, 2.75) is 6.92 Å². The first-order chi connectivity index (χ1) is 9.90. The molecule has 21 heavy (non-hydrogen) atoms. The molecule has 1 unspecified atom stereocenters. The normalized spacial score (nSPS) is 12.1. The van der Waals surface area contributed by atoms with E-state index in [4.69, 9.17) is 5.11 Å². The van der Waals surface area contributed by atoms with Gasteiger partial charge in [0.25, 0.3) is 11.5 Å². The molecule has 0 aliphatic carbocycles. The van der Waals surface area contributed by atoms with Gasteiger partial charge in [0.2, 0.25) is 0 Å². The Balaban J connectivity index is 2.31. The molecule has 0 fully saturated rings. The summed E-state index contributed by atoms with van der Waals surface area (Å²) >= 11 is 0. The average Bonchev–Trinajstić information content (AvgIpc) is 2.46. The van der Waals surface area contributed by atoms with Crippen LogP contribution in [0.1, 0.15) is 17.4 Å². The minimum atomic E-state index is -0.971. The number of nitrogens with zero attached hydrogens (tertiary/aromatic N) is 1. The van der Waals surface area contributed by atoms with Crippen molar-refractivity contribution < 1.29 is 14.7 Å². The number of hydrogen-bond acceptors (Lipinski definition) is 3. The van der Waals surface area contributed by atoms with E-state index in [0.717, 1.165) is 0 Å². The van der Waals surface area contributed by atoms with Crippen LogP contribution in [-0.2, 0) is 4.79 Å². The maximum Gasteiger partial charge on any atom is 0.308 e. The molecule has 1 heterocycles. The number of carboxylic acid groups (broad SMARTS) is 1. The van der Waals surface area contributed by atoms with E-state index in [-0.39, 0.29) is 17.8 Å². The van der Waals surface area contributed by atoms with Gasteiger partial charge < -0.3 is 15.0 Å². The first-order valence-corrected chi connectivity index (χ1v) is 6.50. The fraction of sp³-hybridized carbons (Fsp3) is 0.267. The number of hydrogen-bond donors (Lipinski definition) is 2. The zero-order valence-corrected chi connectivity index (χ0v) is 11.8. The van der Waals surface area contributed by atoms with Gasteiger partial charge in [0, 0.05) is 19.0 Å². The minimum Gasteiger partial charge on any atom is -0.481 e. The molecule has 1 atom stereocenters. The number of aromatic nitrogens is 1. The Bertz CT molecular complexity index is 751. The second-order valence-corrected chi connectivity index (χ2v) is 5.02. The van der Waals surface area contributed by atoms with Crippen molar-refractivity contribution >= 4 is 22.6 Å². The second-order valence-electron chi connectivity index (χ2n) is 5.02. The van der Waals surface area contributed by atoms with Gasteiger partial charge in [-0.3, -0.25) is 14.4 Å². The van der Waals surface area contributed by atoms with Crippen LogP contribution in [0.25, 0.3) is 10.8 Å². The molecule has 0 aliphatic rings. The molecular weight excluding hydrogens is 272 g/mol. The number of carbonyl (C=O) groups excluding carboxylic acids is 1. The molecule has 0 saturated carbocycles. The molecule has 0 bridgehead atoms. The van der Waals surface area contributed by atoms with Gasteiger partial charge in [0.15, 0.2) is 0 Å². The molecule has 0 aliphatic heterocycles. The molecule has 2 aromatic rings. The number of rotatable bonds is 4. The Hall–Kier alpha value is -2.63. The van der Waals surface area contributed by atoms with Crippen molar-refractivity contribution in [1.82, 2.24) is 9.88 Å². The first kappa shape index (κ1) is 14.8. The average molecular weight is 288 g/mol. The number of amides is 1. The van der Waals surface area contributed by atoms with Crippen molar-refractivity contribution in [3.63, 3.8) is 0 Å². The van der Waals surface area contributed by atoms with E-state index < -0.39 is 17.8 Å². The summed E-state index contributed by atoms with van der Waals surface area (Å²) in [6.45, 7) is 1.60. The molecule has 110 valence electrons. The van der Waals surface area contributed by atoms with Crippen LogP contribution in [-0.4, -0.2) is 40.5 Å². The largest absolute Gasteiger partial charge is 0.481 e. The van der Waals surface area contributed by atoms with Gasteiger partial charge in [-0.15, -0.1) is 0 Å².